The summed E-state index contributed by atoms with van der Waals surface area (Å²) >= 11 is 8.14. The second kappa shape index (κ2) is 3.46. The van der Waals surface area contributed by atoms with Crippen LogP contribution in [0.1, 0.15) is 16.8 Å². The van der Waals surface area contributed by atoms with Gasteiger partial charge in [-0.1, -0.05) is 11.6 Å². The molecule has 0 aromatic heterocycles. The summed E-state index contributed by atoms with van der Waals surface area (Å²) in [6, 6.07) is 3.68. The summed E-state index contributed by atoms with van der Waals surface area (Å²) in [6.07, 6.45) is 0.535. The van der Waals surface area contributed by atoms with Gasteiger partial charge in [-0.05, 0) is 34.7 Å². The van der Waals surface area contributed by atoms with Gasteiger partial charge in [0.05, 0.1) is 16.3 Å². The molecular weight excluding hydrogens is 300 g/mol. The highest BCUT2D eigenvalue weighted by Crippen LogP contribution is 2.32. The molecule has 0 radical (unpaired) electrons. The lowest BCUT2D eigenvalue weighted by molar-refractivity contribution is 0.0984. The quantitative estimate of drug-likeness (QED) is 0.747. The highest BCUT2D eigenvalue weighted by Gasteiger charge is 2.21. The zero-order chi connectivity index (χ0) is 9.42. The van der Waals surface area contributed by atoms with Crippen LogP contribution >= 0.6 is 34.2 Å². The molecule has 1 aliphatic heterocycles. The van der Waals surface area contributed by atoms with Crippen LogP contribution in [0.4, 0.5) is 5.69 Å². The highest BCUT2D eigenvalue weighted by molar-refractivity contribution is 14.1. The van der Waals surface area contributed by atoms with Crippen LogP contribution in [0.2, 0.25) is 5.02 Å². The van der Waals surface area contributed by atoms with E-state index >= 15 is 0 Å². The number of rotatable bonds is 0. The van der Waals surface area contributed by atoms with Gasteiger partial charge >= 0.3 is 0 Å². The Labute approximate surface area is 94.8 Å². The van der Waals surface area contributed by atoms with Crippen molar-refractivity contribution < 1.29 is 4.79 Å². The van der Waals surface area contributed by atoms with Gasteiger partial charge in [-0.25, -0.2) is 0 Å². The molecule has 1 heterocycles. The number of Topliss-reactive ketones (excluding diaryl/α,β-unsaturated/α-hetero) is 1. The maximum atomic E-state index is 11.5. The standard InChI is InChI=1S/C9H7ClINO/c10-5-1-2-6(11)9-8(5)7(13)3-4-12-9/h1-2,12H,3-4H2. The predicted octanol–water partition coefficient (Wildman–Crippen LogP) is 2.94. The summed E-state index contributed by atoms with van der Waals surface area (Å²) in [5.74, 6) is 0.136. The molecule has 0 fully saturated rings. The second-order valence-corrected chi connectivity index (χ2v) is 4.45. The largest absolute Gasteiger partial charge is 0.383 e. The van der Waals surface area contributed by atoms with E-state index in [9.17, 15) is 4.79 Å². The molecule has 1 aromatic carbocycles. The first-order valence-corrected chi connectivity index (χ1v) is 5.41. The Kier molecular flexibility index (Phi) is 2.47. The van der Waals surface area contributed by atoms with Gasteiger partial charge < -0.3 is 5.32 Å². The number of nitrogens with one attached hydrogen (secondary N) is 1. The number of hydrogen-bond donors (Lipinski definition) is 1. The fourth-order valence-corrected chi connectivity index (χ4v) is 2.33. The van der Waals surface area contributed by atoms with Crippen molar-refractivity contribution in [2.24, 2.45) is 0 Å². The molecule has 68 valence electrons. The molecule has 1 aromatic rings. The summed E-state index contributed by atoms with van der Waals surface area (Å²) in [6.45, 7) is 0.710. The zero-order valence-corrected chi connectivity index (χ0v) is 9.65. The maximum absolute atomic E-state index is 11.5. The van der Waals surface area contributed by atoms with E-state index in [0.29, 0.717) is 23.6 Å². The van der Waals surface area contributed by atoms with Gasteiger partial charge in [0, 0.05) is 16.5 Å². The van der Waals surface area contributed by atoms with Crippen LogP contribution in [0.25, 0.3) is 0 Å². The lowest BCUT2D eigenvalue weighted by atomic mass is 10.0. The van der Waals surface area contributed by atoms with Gasteiger partial charge in [0.1, 0.15) is 0 Å². The summed E-state index contributed by atoms with van der Waals surface area (Å²) in [5.41, 5.74) is 1.55. The Morgan fingerprint density at radius 2 is 2.23 bits per heavy atom. The number of benzene rings is 1. The first kappa shape index (κ1) is 9.27. The van der Waals surface area contributed by atoms with Crippen molar-refractivity contribution in [3.63, 3.8) is 0 Å². The molecule has 13 heavy (non-hydrogen) atoms. The summed E-state index contributed by atoms with van der Waals surface area (Å²) < 4.78 is 1.05. The van der Waals surface area contributed by atoms with E-state index in [0.717, 1.165) is 9.26 Å². The highest BCUT2D eigenvalue weighted by atomic mass is 127. The molecular formula is C9H7ClINO. The molecule has 0 saturated carbocycles. The van der Waals surface area contributed by atoms with Crippen LogP contribution in [0.15, 0.2) is 12.1 Å². The lowest BCUT2D eigenvalue weighted by Gasteiger charge is -2.19. The van der Waals surface area contributed by atoms with Crippen molar-refractivity contribution in [2.45, 2.75) is 6.42 Å². The Balaban J connectivity index is 2.67. The van der Waals surface area contributed by atoms with Crippen molar-refractivity contribution in [1.29, 1.82) is 0 Å². The van der Waals surface area contributed by atoms with Gasteiger partial charge in [-0.2, -0.15) is 0 Å². The molecule has 0 unspecified atom stereocenters. The molecule has 2 rings (SSSR count). The molecule has 0 spiro atoms. The molecule has 4 heteroatoms. The first-order valence-electron chi connectivity index (χ1n) is 3.95. The summed E-state index contributed by atoms with van der Waals surface area (Å²) in [5, 5.41) is 3.74. The number of ketones is 1. The smallest absolute Gasteiger partial charge is 0.168 e. The van der Waals surface area contributed by atoms with Crippen molar-refractivity contribution in [1.82, 2.24) is 0 Å². The Morgan fingerprint density at radius 1 is 1.46 bits per heavy atom. The molecule has 0 atom stereocenters. The SMILES string of the molecule is O=C1CCNc2c(I)ccc(Cl)c21. The van der Waals surface area contributed by atoms with Gasteiger partial charge in [0.15, 0.2) is 5.78 Å². The topological polar surface area (TPSA) is 29.1 Å². The minimum Gasteiger partial charge on any atom is -0.383 e. The van der Waals surface area contributed by atoms with Crippen molar-refractivity contribution in [3.05, 3.63) is 26.3 Å². The molecule has 1 N–H and O–H groups in total. The van der Waals surface area contributed by atoms with Crippen LogP contribution in [0, 0.1) is 3.57 Å². The van der Waals surface area contributed by atoms with Gasteiger partial charge in [0.2, 0.25) is 0 Å². The van der Waals surface area contributed by atoms with Crippen LogP contribution in [0.5, 0.6) is 0 Å². The van der Waals surface area contributed by atoms with E-state index in [1.165, 1.54) is 0 Å². The van der Waals surface area contributed by atoms with Gasteiger partial charge in [0.25, 0.3) is 0 Å². The number of halogens is 2. The average molecular weight is 308 g/mol. The van der Waals surface area contributed by atoms with Crippen molar-refractivity contribution >= 4 is 45.7 Å². The van der Waals surface area contributed by atoms with E-state index in [2.05, 4.69) is 27.9 Å². The Morgan fingerprint density at radius 3 is 2.92 bits per heavy atom. The lowest BCUT2D eigenvalue weighted by Crippen LogP contribution is -2.19. The number of carbonyl (C=O) groups is 1. The number of anilines is 1. The molecule has 2 nitrogen and oxygen atoms in total. The third-order valence-electron chi connectivity index (χ3n) is 2.04. The fourth-order valence-electron chi connectivity index (χ4n) is 1.42. The van der Waals surface area contributed by atoms with Crippen LogP contribution in [-0.2, 0) is 0 Å². The van der Waals surface area contributed by atoms with Crippen LogP contribution in [0.3, 0.4) is 0 Å². The zero-order valence-electron chi connectivity index (χ0n) is 6.73. The second-order valence-electron chi connectivity index (χ2n) is 2.88. The van der Waals surface area contributed by atoms with E-state index < -0.39 is 0 Å². The van der Waals surface area contributed by atoms with E-state index in [4.69, 9.17) is 11.6 Å². The molecule has 0 bridgehead atoms. The average Bonchev–Trinajstić information content (AvgIpc) is 2.12. The first-order chi connectivity index (χ1) is 6.20. The third-order valence-corrected chi connectivity index (χ3v) is 3.25. The predicted molar refractivity (Wildman–Crippen MR) is 61.6 cm³/mol. The molecule has 0 aliphatic carbocycles. The van der Waals surface area contributed by atoms with Gasteiger partial charge in [-0.3, -0.25) is 4.79 Å². The molecule has 0 saturated heterocycles. The Hall–Kier alpha value is -0.290. The maximum Gasteiger partial charge on any atom is 0.168 e. The van der Waals surface area contributed by atoms with Crippen LogP contribution < -0.4 is 5.32 Å². The Bertz CT molecular complexity index is 378. The molecule has 0 amide bonds. The van der Waals surface area contributed by atoms with Crippen molar-refractivity contribution in [3.8, 4) is 0 Å². The summed E-state index contributed by atoms with van der Waals surface area (Å²) in [4.78, 5) is 11.5. The van der Waals surface area contributed by atoms with Crippen LogP contribution in [-0.4, -0.2) is 12.3 Å². The molecule has 1 aliphatic rings. The minimum atomic E-state index is 0.136. The normalized spacial score (nSPS) is 15.1. The third kappa shape index (κ3) is 1.55. The van der Waals surface area contributed by atoms with E-state index in [1.54, 1.807) is 6.07 Å². The number of hydrogen-bond acceptors (Lipinski definition) is 2. The minimum absolute atomic E-state index is 0.136. The monoisotopic (exact) mass is 307 g/mol. The number of fused-ring (bicyclic) bond motifs is 1. The number of carbonyl (C=O) groups excluding carboxylic acids is 1. The van der Waals surface area contributed by atoms with Gasteiger partial charge in [-0.15, -0.1) is 0 Å². The summed E-state index contributed by atoms with van der Waals surface area (Å²) in [7, 11) is 0. The fraction of sp³-hybridized carbons (Fsp3) is 0.222. The van der Waals surface area contributed by atoms with E-state index in [-0.39, 0.29) is 5.78 Å². The van der Waals surface area contributed by atoms with Crippen molar-refractivity contribution in [2.75, 3.05) is 11.9 Å². The van der Waals surface area contributed by atoms with E-state index in [1.807, 2.05) is 6.07 Å².